The summed E-state index contributed by atoms with van der Waals surface area (Å²) in [6.07, 6.45) is -2.20. The van der Waals surface area contributed by atoms with Crippen LogP contribution in [0.5, 0.6) is 0 Å². The highest BCUT2D eigenvalue weighted by Gasteiger charge is 2.47. The first kappa shape index (κ1) is 14.0. The molecule has 0 bridgehead atoms. The summed E-state index contributed by atoms with van der Waals surface area (Å²) in [6.45, 7) is 0.127. The van der Waals surface area contributed by atoms with Gasteiger partial charge in [0.15, 0.2) is 0 Å². The second-order valence-electron chi connectivity index (χ2n) is 5.29. The number of nitrogens with zero attached hydrogens (tertiary/aromatic N) is 2. The van der Waals surface area contributed by atoms with Gasteiger partial charge < -0.3 is 9.47 Å². The van der Waals surface area contributed by atoms with Crippen LogP contribution in [0, 0.1) is 0 Å². The molecule has 0 aliphatic carbocycles. The zero-order valence-electron chi connectivity index (χ0n) is 11.3. The maximum Gasteiger partial charge on any atom is 0.408 e. The van der Waals surface area contributed by atoms with Gasteiger partial charge in [0.05, 0.1) is 0 Å². The van der Waals surface area contributed by atoms with Crippen LogP contribution in [0.15, 0.2) is 36.5 Å². The summed E-state index contributed by atoms with van der Waals surface area (Å²) in [5.74, 6) is -0.476. The molecule has 0 N–H and O–H groups in total. The topological polar surface area (TPSA) is 25.2 Å². The number of likely N-dealkylation sites (tertiary alicyclic amines) is 1. The normalized spacial score (nSPS) is 19.4. The smallest absolute Gasteiger partial charge is 0.338 e. The molecule has 0 saturated carbocycles. The lowest BCUT2D eigenvalue weighted by Gasteiger charge is -2.26. The van der Waals surface area contributed by atoms with Crippen molar-refractivity contribution in [2.45, 2.75) is 31.6 Å². The Balaban J connectivity index is 1.80. The summed E-state index contributed by atoms with van der Waals surface area (Å²) in [5.41, 5.74) is 0.855. The van der Waals surface area contributed by atoms with Gasteiger partial charge in [0.2, 0.25) is 5.91 Å². The molecule has 3 nitrogen and oxygen atoms in total. The van der Waals surface area contributed by atoms with E-state index in [0.717, 1.165) is 15.8 Å². The molecule has 6 heteroatoms. The van der Waals surface area contributed by atoms with E-state index >= 15 is 0 Å². The average Bonchev–Trinajstić information content (AvgIpc) is 3.05. The van der Waals surface area contributed by atoms with Crippen molar-refractivity contribution < 1.29 is 18.0 Å². The average molecular weight is 296 g/mol. The maximum atomic E-state index is 12.9. The van der Waals surface area contributed by atoms with Gasteiger partial charge in [-0.15, -0.1) is 0 Å². The predicted molar refractivity (Wildman–Crippen MR) is 72.7 cm³/mol. The SMILES string of the molecule is O=C(Cn1ccc2ccccc21)N1CCC[C@H]1C(F)(F)F. The first-order chi connectivity index (χ1) is 9.97. The van der Waals surface area contributed by atoms with Crippen LogP contribution >= 0.6 is 0 Å². The monoisotopic (exact) mass is 296 g/mol. The number of halogens is 3. The number of carbonyl (C=O) groups excluding carboxylic acids is 1. The lowest BCUT2D eigenvalue weighted by atomic mass is 10.2. The van der Waals surface area contributed by atoms with Gasteiger partial charge in [0.25, 0.3) is 0 Å². The molecule has 2 heterocycles. The Morgan fingerprint density at radius 2 is 2.00 bits per heavy atom. The van der Waals surface area contributed by atoms with E-state index < -0.39 is 18.1 Å². The lowest BCUT2D eigenvalue weighted by Crippen LogP contribution is -2.45. The number of rotatable bonds is 2. The second kappa shape index (κ2) is 5.09. The van der Waals surface area contributed by atoms with Gasteiger partial charge in [0, 0.05) is 18.3 Å². The molecule has 1 aromatic heterocycles. The third-order valence-electron chi connectivity index (χ3n) is 3.94. The number of benzene rings is 1. The van der Waals surface area contributed by atoms with Crippen molar-refractivity contribution in [3.63, 3.8) is 0 Å². The van der Waals surface area contributed by atoms with Gasteiger partial charge >= 0.3 is 6.18 Å². The molecule has 1 aliphatic rings. The molecule has 0 unspecified atom stereocenters. The van der Waals surface area contributed by atoms with Crippen molar-refractivity contribution in [2.24, 2.45) is 0 Å². The van der Waals surface area contributed by atoms with Crippen LogP contribution in [0.4, 0.5) is 13.2 Å². The minimum absolute atomic E-state index is 0.00165. The highest BCUT2D eigenvalue weighted by molar-refractivity contribution is 5.83. The molecule has 1 aliphatic heterocycles. The fourth-order valence-corrected chi connectivity index (χ4v) is 2.92. The van der Waals surface area contributed by atoms with E-state index in [-0.39, 0.29) is 19.5 Å². The van der Waals surface area contributed by atoms with Gasteiger partial charge in [-0.25, -0.2) is 0 Å². The largest absolute Gasteiger partial charge is 0.408 e. The zero-order valence-corrected chi connectivity index (χ0v) is 11.3. The van der Waals surface area contributed by atoms with E-state index in [1.165, 1.54) is 0 Å². The zero-order chi connectivity index (χ0) is 15.0. The molecule has 1 aromatic carbocycles. The second-order valence-corrected chi connectivity index (χ2v) is 5.29. The van der Waals surface area contributed by atoms with Crippen molar-refractivity contribution in [3.05, 3.63) is 36.5 Å². The summed E-state index contributed by atoms with van der Waals surface area (Å²) < 4.78 is 40.4. The quantitative estimate of drug-likeness (QED) is 0.835. The highest BCUT2D eigenvalue weighted by atomic mass is 19.4. The predicted octanol–water partition coefficient (Wildman–Crippen LogP) is 3.19. The van der Waals surface area contributed by atoms with E-state index in [4.69, 9.17) is 0 Å². The number of hydrogen-bond acceptors (Lipinski definition) is 1. The van der Waals surface area contributed by atoms with Crippen LogP contribution in [0.2, 0.25) is 0 Å². The molecule has 0 spiro atoms. The molecule has 1 fully saturated rings. The highest BCUT2D eigenvalue weighted by Crippen LogP contribution is 2.32. The number of alkyl halides is 3. The Bertz CT molecular complexity index is 662. The minimum Gasteiger partial charge on any atom is -0.338 e. The number of amides is 1. The van der Waals surface area contributed by atoms with Crippen molar-refractivity contribution in [3.8, 4) is 0 Å². The van der Waals surface area contributed by atoms with Crippen LogP contribution in [-0.4, -0.2) is 34.1 Å². The Morgan fingerprint density at radius 1 is 1.24 bits per heavy atom. The van der Waals surface area contributed by atoms with Crippen molar-refractivity contribution >= 4 is 16.8 Å². The van der Waals surface area contributed by atoms with E-state index in [1.807, 2.05) is 30.3 Å². The summed E-state index contributed by atoms with van der Waals surface area (Å²) >= 11 is 0. The number of carbonyl (C=O) groups is 1. The molecule has 0 radical (unpaired) electrons. The van der Waals surface area contributed by atoms with Crippen molar-refractivity contribution in [1.82, 2.24) is 9.47 Å². The Labute approximate surface area is 119 Å². The van der Waals surface area contributed by atoms with Gasteiger partial charge in [0.1, 0.15) is 12.6 Å². The molecule has 1 atom stereocenters. The van der Waals surface area contributed by atoms with Crippen molar-refractivity contribution in [2.75, 3.05) is 6.54 Å². The van der Waals surface area contributed by atoms with E-state index in [1.54, 1.807) is 10.8 Å². The first-order valence-electron chi connectivity index (χ1n) is 6.87. The fourth-order valence-electron chi connectivity index (χ4n) is 2.92. The van der Waals surface area contributed by atoms with Gasteiger partial charge in [-0.3, -0.25) is 4.79 Å². The van der Waals surface area contributed by atoms with Gasteiger partial charge in [-0.1, -0.05) is 18.2 Å². The summed E-state index contributed by atoms with van der Waals surface area (Å²) in [5, 5.41) is 0.971. The van der Waals surface area contributed by atoms with E-state index in [9.17, 15) is 18.0 Å². The first-order valence-corrected chi connectivity index (χ1v) is 6.87. The molecule has 112 valence electrons. The summed E-state index contributed by atoms with van der Waals surface area (Å²) in [6, 6.07) is 7.71. The summed E-state index contributed by atoms with van der Waals surface area (Å²) in [4.78, 5) is 13.2. The van der Waals surface area contributed by atoms with Crippen molar-refractivity contribution in [1.29, 1.82) is 0 Å². The third-order valence-corrected chi connectivity index (χ3v) is 3.94. The Kier molecular flexibility index (Phi) is 3.39. The molecule has 21 heavy (non-hydrogen) atoms. The minimum atomic E-state index is -4.34. The third kappa shape index (κ3) is 2.62. The molecule has 1 amide bonds. The van der Waals surface area contributed by atoms with Crippen LogP contribution in [0.1, 0.15) is 12.8 Å². The summed E-state index contributed by atoms with van der Waals surface area (Å²) in [7, 11) is 0. The Hall–Kier alpha value is -1.98. The number of aromatic nitrogens is 1. The molecule has 1 saturated heterocycles. The van der Waals surface area contributed by atoms with Crippen LogP contribution in [0.25, 0.3) is 10.9 Å². The van der Waals surface area contributed by atoms with E-state index in [2.05, 4.69) is 0 Å². The Morgan fingerprint density at radius 3 is 2.76 bits per heavy atom. The molecule has 2 aromatic rings. The molecule has 3 rings (SSSR count). The lowest BCUT2D eigenvalue weighted by molar-refractivity contribution is -0.182. The fraction of sp³-hybridized carbons (Fsp3) is 0.400. The van der Waals surface area contributed by atoms with E-state index in [0.29, 0.717) is 6.42 Å². The van der Waals surface area contributed by atoms with Gasteiger partial charge in [-0.05, 0) is 30.4 Å². The maximum absolute atomic E-state index is 12.9. The number of hydrogen-bond donors (Lipinski definition) is 0. The number of para-hydroxylation sites is 1. The van der Waals surface area contributed by atoms with Crippen LogP contribution < -0.4 is 0 Å². The van der Waals surface area contributed by atoms with Gasteiger partial charge in [-0.2, -0.15) is 13.2 Å². The molecular formula is C15H15F3N2O. The number of fused-ring (bicyclic) bond motifs is 1. The molecular weight excluding hydrogens is 281 g/mol. The van der Waals surface area contributed by atoms with Crippen LogP contribution in [0.3, 0.4) is 0 Å². The van der Waals surface area contributed by atoms with Crippen LogP contribution in [-0.2, 0) is 11.3 Å². The standard InChI is InChI=1S/C15H15F3N2O/c16-15(17,18)13-6-3-8-20(13)14(21)10-19-9-7-11-4-1-2-5-12(11)19/h1-2,4-5,7,9,13H,3,6,8,10H2/t13-/m0/s1.